The van der Waals surface area contributed by atoms with Gasteiger partial charge in [0.2, 0.25) is 5.91 Å². The number of aliphatic carboxylic acids is 1. The van der Waals surface area contributed by atoms with Gasteiger partial charge >= 0.3 is 5.97 Å². The zero-order valence-corrected chi connectivity index (χ0v) is 16.0. The van der Waals surface area contributed by atoms with Crippen molar-refractivity contribution in [1.29, 1.82) is 0 Å². The summed E-state index contributed by atoms with van der Waals surface area (Å²) in [5.41, 5.74) is 5.92. The average Bonchev–Trinajstić information content (AvgIpc) is 3.35. The molecule has 2 bridgehead atoms. The van der Waals surface area contributed by atoms with Gasteiger partial charge in [-0.1, -0.05) is 36.4 Å². The lowest BCUT2D eigenvalue weighted by molar-refractivity contribution is -0.147. The number of carbonyl (C=O) groups is 2. The van der Waals surface area contributed by atoms with Gasteiger partial charge in [-0.05, 0) is 38.0 Å². The maximum absolute atomic E-state index is 13.0. The maximum Gasteiger partial charge on any atom is 0.310 e. The molecule has 2 aliphatic heterocycles. The van der Waals surface area contributed by atoms with E-state index < -0.39 is 17.8 Å². The lowest BCUT2D eigenvalue weighted by Crippen LogP contribution is -2.41. The molecule has 7 nitrogen and oxygen atoms in total. The minimum absolute atomic E-state index is 0.319. The Bertz CT molecular complexity index is 944. The molecule has 2 aromatic carbocycles. The molecule has 1 unspecified atom stereocenters. The third kappa shape index (κ3) is 3.86. The van der Waals surface area contributed by atoms with Crippen LogP contribution >= 0.6 is 0 Å². The van der Waals surface area contributed by atoms with Crippen LogP contribution in [0.15, 0.2) is 59.7 Å². The number of anilines is 2. The van der Waals surface area contributed by atoms with Crippen molar-refractivity contribution in [1.82, 2.24) is 0 Å². The molecule has 4 atom stereocenters. The molecule has 2 aromatic rings. The summed E-state index contributed by atoms with van der Waals surface area (Å²) in [6.07, 6.45) is 0.707. The first kappa shape index (κ1) is 19.1. The summed E-state index contributed by atoms with van der Waals surface area (Å²) in [6, 6.07) is 16.9. The van der Waals surface area contributed by atoms with Gasteiger partial charge in [-0.2, -0.15) is 5.10 Å². The first-order valence-electron chi connectivity index (χ1n) is 9.68. The second kappa shape index (κ2) is 8.05. The van der Waals surface area contributed by atoms with E-state index in [0.29, 0.717) is 17.8 Å². The van der Waals surface area contributed by atoms with Crippen LogP contribution in [0.2, 0.25) is 0 Å². The van der Waals surface area contributed by atoms with E-state index >= 15 is 0 Å². The van der Waals surface area contributed by atoms with Crippen LogP contribution < -0.4 is 10.7 Å². The number of carbonyl (C=O) groups excluding carboxylic acids is 1. The van der Waals surface area contributed by atoms with Gasteiger partial charge in [0.1, 0.15) is 0 Å². The Labute approximate surface area is 168 Å². The standard InChI is InChI=1S/C22H23N3O4/c1-13(24-25-14-7-3-2-4-8-14)15-9-5-6-10-16(15)23-21(26)19-17-11-12-18(29-17)20(19)22(27)28/h2-10,17-20,25H,11-12H2,1H3,(H,23,26)(H,27,28)/b24-13-/t17-,18+,19?,20-/m1/s1. The highest BCUT2D eigenvalue weighted by atomic mass is 16.5. The van der Waals surface area contributed by atoms with Crippen molar-refractivity contribution < 1.29 is 19.4 Å². The van der Waals surface area contributed by atoms with Gasteiger partial charge in [0.05, 0.1) is 35.4 Å². The van der Waals surface area contributed by atoms with E-state index in [9.17, 15) is 14.7 Å². The SMILES string of the molecule is C/C(=N/Nc1ccccc1)c1ccccc1NC(=O)C1[C@H]2CC[C@H](O2)[C@H]1C(=O)O. The molecule has 150 valence electrons. The normalized spacial score (nSPS) is 25.6. The zero-order chi connectivity index (χ0) is 20.4. The molecule has 1 amide bonds. The van der Waals surface area contributed by atoms with Crippen LogP contribution in [0, 0.1) is 11.8 Å². The van der Waals surface area contributed by atoms with Crippen LogP contribution in [-0.4, -0.2) is 34.9 Å². The number of rotatable bonds is 6. The first-order chi connectivity index (χ1) is 14.0. The first-order valence-corrected chi connectivity index (χ1v) is 9.68. The fourth-order valence-corrected chi connectivity index (χ4v) is 4.17. The van der Waals surface area contributed by atoms with Crippen molar-refractivity contribution in [2.75, 3.05) is 10.7 Å². The predicted octanol–water partition coefficient (Wildman–Crippen LogP) is 3.34. The number of hydrazone groups is 1. The molecule has 0 aliphatic carbocycles. The molecule has 0 spiro atoms. The summed E-state index contributed by atoms with van der Waals surface area (Å²) in [5.74, 6) is -2.77. The summed E-state index contributed by atoms with van der Waals surface area (Å²) in [7, 11) is 0. The Balaban J connectivity index is 1.52. The Hall–Kier alpha value is -3.19. The molecular formula is C22H23N3O4. The highest BCUT2D eigenvalue weighted by Gasteiger charge is 2.55. The van der Waals surface area contributed by atoms with Gasteiger partial charge in [-0.15, -0.1) is 0 Å². The van der Waals surface area contributed by atoms with Crippen LogP contribution in [0.5, 0.6) is 0 Å². The minimum atomic E-state index is -0.976. The Morgan fingerprint density at radius 3 is 2.38 bits per heavy atom. The number of carboxylic acid groups (broad SMARTS) is 1. The van der Waals surface area contributed by atoms with Gasteiger partial charge in [-0.25, -0.2) is 0 Å². The van der Waals surface area contributed by atoms with Crippen LogP contribution in [0.1, 0.15) is 25.3 Å². The quantitative estimate of drug-likeness (QED) is 0.516. The Morgan fingerprint density at radius 2 is 1.66 bits per heavy atom. The molecule has 3 N–H and O–H groups in total. The third-order valence-corrected chi connectivity index (χ3v) is 5.56. The summed E-state index contributed by atoms with van der Waals surface area (Å²) in [6.45, 7) is 1.85. The van der Waals surface area contributed by atoms with Crippen molar-refractivity contribution in [3.05, 3.63) is 60.2 Å². The van der Waals surface area contributed by atoms with Crippen LogP contribution in [-0.2, 0) is 14.3 Å². The van der Waals surface area contributed by atoms with Gasteiger partial charge in [0, 0.05) is 11.3 Å². The second-order valence-corrected chi connectivity index (χ2v) is 7.39. The summed E-state index contributed by atoms with van der Waals surface area (Å²) in [4.78, 5) is 24.6. The van der Waals surface area contributed by atoms with Crippen LogP contribution in [0.3, 0.4) is 0 Å². The Kier molecular flexibility index (Phi) is 5.31. The molecule has 0 radical (unpaired) electrons. The third-order valence-electron chi connectivity index (χ3n) is 5.56. The van der Waals surface area contributed by atoms with E-state index in [0.717, 1.165) is 17.7 Å². The molecule has 2 aliphatic rings. The van der Waals surface area contributed by atoms with E-state index in [1.54, 1.807) is 6.07 Å². The number of amides is 1. The van der Waals surface area contributed by atoms with Crippen molar-refractivity contribution in [3.8, 4) is 0 Å². The average molecular weight is 393 g/mol. The largest absolute Gasteiger partial charge is 0.481 e. The van der Waals surface area contributed by atoms with Crippen molar-refractivity contribution in [3.63, 3.8) is 0 Å². The lowest BCUT2D eigenvalue weighted by Gasteiger charge is -2.24. The maximum atomic E-state index is 13.0. The molecular weight excluding hydrogens is 370 g/mol. The number of nitrogens with one attached hydrogen (secondary N) is 2. The van der Waals surface area contributed by atoms with Crippen molar-refractivity contribution in [2.45, 2.75) is 32.0 Å². The topological polar surface area (TPSA) is 100 Å². The van der Waals surface area contributed by atoms with E-state index in [4.69, 9.17) is 4.74 Å². The zero-order valence-electron chi connectivity index (χ0n) is 16.0. The fourth-order valence-electron chi connectivity index (χ4n) is 4.17. The molecule has 29 heavy (non-hydrogen) atoms. The van der Waals surface area contributed by atoms with E-state index in [1.807, 2.05) is 55.5 Å². The van der Waals surface area contributed by atoms with Gasteiger partial charge in [0.15, 0.2) is 0 Å². The fraction of sp³-hybridized carbons (Fsp3) is 0.318. The summed E-state index contributed by atoms with van der Waals surface area (Å²) in [5, 5.41) is 16.9. The minimum Gasteiger partial charge on any atom is -0.481 e. The highest BCUT2D eigenvalue weighted by Crippen LogP contribution is 2.44. The number of carboxylic acids is 1. The van der Waals surface area contributed by atoms with E-state index in [2.05, 4.69) is 15.8 Å². The number of hydrogen-bond acceptors (Lipinski definition) is 5. The number of ether oxygens (including phenoxy) is 1. The number of para-hydroxylation sites is 2. The molecule has 7 heteroatoms. The molecule has 2 fully saturated rings. The van der Waals surface area contributed by atoms with Crippen molar-refractivity contribution >= 4 is 29.0 Å². The summed E-state index contributed by atoms with van der Waals surface area (Å²) >= 11 is 0. The highest BCUT2D eigenvalue weighted by molar-refractivity contribution is 6.07. The van der Waals surface area contributed by atoms with Crippen LogP contribution in [0.25, 0.3) is 0 Å². The number of hydrogen-bond donors (Lipinski definition) is 3. The lowest BCUT2D eigenvalue weighted by atomic mass is 9.78. The molecule has 2 saturated heterocycles. The predicted molar refractivity (Wildman–Crippen MR) is 110 cm³/mol. The number of nitrogens with zero attached hydrogens (tertiary/aromatic N) is 1. The van der Waals surface area contributed by atoms with E-state index in [-0.39, 0.29) is 18.1 Å². The Morgan fingerprint density at radius 1 is 1.00 bits per heavy atom. The smallest absolute Gasteiger partial charge is 0.310 e. The second-order valence-electron chi connectivity index (χ2n) is 7.39. The molecule has 0 aromatic heterocycles. The van der Waals surface area contributed by atoms with Gasteiger partial charge < -0.3 is 15.2 Å². The number of fused-ring (bicyclic) bond motifs is 2. The van der Waals surface area contributed by atoms with Crippen LogP contribution in [0.4, 0.5) is 11.4 Å². The molecule has 4 rings (SSSR count). The summed E-state index contributed by atoms with van der Waals surface area (Å²) < 4.78 is 5.71. The van der Waals surface area contributed by atoms with Gasteiger partial charge in [0.25, 0.3) is 0 Å². The molecule has 0 saturated carbocycles. The molecule has 2 heterocycles. The monoisotopic (exact) mass is 393 g/mol. The van der Waals surface area contributed by atoms with E-state index in [1.165, 1.54) is 0 Å². The van der Waals surface area contributed by atoms with Gasteiger partial charge in [-0.3, -0.25) is 15.0 Å². The van der Waals surface area contributed by atoms with Crippen molar-refractivity contribution in [2.24, 2.45) is 16.9 Å². The number of benzene rings is 2.